The third-order valence-corrected chi connectivity index (χ3v) is 3.79. The van der Waals surface area contributed by atoms with E-state index in [1.165, 1.54) is 0 Å². The van der Waals surface area contributed by atoms with E-state index < -0.39 is 6.29 Å². The predicted octanol–water partition coefficient (Wildman–Crippen LogP) is 2.69. The van der Waals surface area contributed by atoms with Gasteiger partial charge in [-0.15, -0.1) is 0 Å². The molecular weight excluding hydrogens is 278 g/mol. The quantitative estimate of drug-likeness (QED) is 0.881. The molecule has 0 unspecified atom stereocenters. The molecule has 0 radical (unpaired) electrons. The van der Waals surface area contributed by atoms with Gasteiger partial charge in [0.1, 0.15) is 0 Å². The van der Waals surface area contributed by atoms with E-state index in [0.717, 1.165) is 11.1 Å². The standard InChI is InChI=1S/C18H19NO3/c19-10-13-5-4-8-15(9-13)18-21-11-16(12-22-18)17(20)14-6-2-1-3-7-14/h1-9,16,18H,10-12,19H2. The molecular formula is C18H19NO3. The second kappa shape index (κ2) is 6.83. The fourth-order valence-corrected chi connectivity index (χ4v) is 2.55. The third-order valence-electron chi connectivity index (χ3n) is 3.79. The van der Waals surface area contributed by atoms with Gasteiger partial charge >= 0.3 is 0 Å². The Balaban J connectivity index is 1.64. The highest BCUT2D eigenvalue weighted by molar-refractivity contribution is 5.98. The van der Waals surface area contributed by atoms with Crippen LogP contribution in [0.4, 0.5) is 0 Å². The first kappa shape index (κ1) is 14.9. The number of rotatable bonds is 4. The van der Waals surface area contributed by atoms with Crippen LogP contribution in [-0.4, -0.2) is 19.0 Å². The number of benzene rings is 2. The van der Waals surface area contributed by atoms with Crippen molar-refractivity contribution in [3.63, 3.8) is 0 Å². The highest BCUT2D eigenvalue weighted by Gasteiger charge is 2.29. The molecule has 3 rings (SSSR count). The summed E-state index contributed by atoms with van der Waals surface area (Å²) in [6.45, 7) is 1.21. The van der Waals surface area contributed by atoms with E-state index in [4.69, 9.17) is 15.2 Å². The lowest BCUT2D eigenvalue weighted by molar-refractivity contribution is -0.197. The van der Waals surface area contributed by atoms with Gasteiger partial charge in [-0.3, -0.25) is 4.79 Å². The number of ether oxygens (including phenoxy) is 2. The van der Waals surface area contributed by atoms with Gasteiger partial charge in [0, 0.05) is 17.7 Å². The Bertz CT molecular complexity index is 634. The third kappa shape index (κ3) is 3.25. The number of Topliss-reactive ketones (excluding diaryl/α,β-unsaturated/α-hetero) is 1. The average Bonchev–Trinajstić information content (AvgIpc) is 2.62. The van der Waals surface area contributed by atoms with Gasteiger partial charge in [-0.05, 0) is 11.6 Å². The van der Waals surface area contributed by atoms with Gasteiger partial charge in [0.2, 0.25) is 0 Å². The molecule has 4 nitrogen and oxygen atoms in total. The Kier molecular flexibility index (Phi) is 4.63. The van der Waals surface area contributed by atoms with Crippen molar-refractivity contribution in [2.24, 2.45) is 11.7 Å². The first-order valence-electron chi connectivity index (χ1n) is 7.39. The molecule has 22 heavy (non-hydrogen) atoms. The molecule has 1 saturated heterocycles. The Morgan fingerprint density at radius 1 is 1.05 bits per heavy atom. The molecule has 2 aromatic carbocycles. The number of carbonyl (C=O) groups is 1. The minimum absolute atomic E-state index is 0.0646. The molecule has 1 aliphatic rings. The molecule has 1 aliphatic heterocycles. The van der Waals surface area contributed by atoms with Crippen LogP contribution in [-0.2, 0) is 16.0 Å². The van der Waals surface area contributed by atoms with Crippen LogP contribution in [0.2, 0.25) is 0 Å². The van der Waals surface area contributed by atoms with Gasteiger partial charge in [0.05, 0.1) is 19.1 Å². The van der Waals surface area contributed by atoms with Gasteiger partial charge in [-0.1, -0.05) is 48.5 Å². The molecule has 4 heteroatoms. The normalized spacial score (nSPS) is 21.5. The lowest BCUT2D eigenvalue weighted by Crippen LogP contribution is -2.32. The van der Waals surface area contributed by atoms with E-state index in [1.807, 2.05) is 54.6 Å². The molecule has 1 heterocycles. The number of carbonyl (C=O) groups excluding carboxylic acids is 1. The predicted molar refractivity (Wildman–Crippen MR) is 83.2 cm³/mol. The molecule has 2 aromatic rings. The summed E-state index contributed by atoms with van der Waals surface area (Å²) in [5, 5.41) is 0. The summed E-state index contributed by atoms with van der Waals surface area (Å²) >= 11 is 0. The van der Waals surface area contributed by atoms with Gasteiger partial charge in [-0.25, -0.2) is 0 Å². The molecule has 0 amide bonds. The maximum Gasteiger partial charge on any atom is 0.183 e. The largest absolute Gasteiger partial charge is 0.348 e. The molecule has 0 atom stereocenters. The fraction of sp³-hybridized carbons (Fsp3) is 0.278. The molecule has 0 spiro atoms. The van der Waals surface area contributed by atoms with Gasteiger partial charge < -0.3 is 15.2 Å². The fourth-order valence-electron chi connectivity index (χ4n) is 2.55. The Labute approximate surface area is 129 Å². The molecule has 0 saturated carbocycles. The summed E-state index contributed by atoms with van der Waals surface area (Å²) in [6.07, 6.45) is -0.425. The smallest absolute Gasteiger partial charge is 0.183 e. The van der Waals surface area contributed by atoms with Crippen LogP contribution in [0, 0.1) is 5.92 Å². The second-order valence-corrected chi connectivity index (χ2v) is 5.37. The summed E-state index contributed by atoms with van der Waals surface area (Å²) in [5.74, 6) is -0.189. The van der Waals surface area contributed by atoms with Crippen molar-refractivity contribution in [1.29, 1.82) is 0 Å². The first-order chi connectivity index (χ1) is 10.8. The number of ketones is 1. The lowest BCUT2D eigenvalue weighted by atomic mass is 9.98. The Morgan fingerprint density at radius 3 is 2.45 bits per heavy atom. The maximum atomic E-state index is 12.4. The van der Waals surface area contributed by atoms with Crippen LogP contribution >= 0.6 is 0 Å². The highest BCUT2D eigenvalue weighted by Crippen LogP contribution is 2.27. The van der Waals surface area contributed by atoms with Crippen molar-refractivity contribution in [1.82, 2.24) is 0 Å². The summed E-state index contributed by atoms with van der Waals surface area (Å²) in [6, 6.07) is 17.1. The molecule has 114 valence electrons. The van der Waals surface area contributed by atoms with Crippen LogP contribution in [0.15, 0.2) is 54.6 Å². The maximum absolute atomic E-state index is 12.4. The van der Waals surface area contributed by atoms with E-state index in [0.29, 0.717) is 25.3 Å². The van der Waals surface area contributed by atoms with Crippen molar-refractivity contribution in [2.75, 3.05) is 13.2 Å². The summed E-state index contributed by atoms with van der Waals surface area (Å²) in [5.41, 5.74) is 8.32. The van der Waals surface area contributed by atoms with Crippen molar-refractivity contribution >= 4 is 5.78 Å². The molecule has 1 fully saturated rings. The minimum Gasteiger partial charge on any atom is -0.348 e. The van der Waals surface area contributed by atoms with E-state index in [-0.39, 0.29) is 11.7 Å². The van der Waals surface area contributed by atoms with Crippen LogP contribution in [0.5, 0.6) is 0 Å². The zero-order chi connectivity index (χ0) is 15.4. The minimum atomic E-state index is -0.425. The molecule has 0 bridgehead atoms. The number of hydrogen-bond donors (Lipinski definition) is 1. The molecule has 0 aliphatic carbocycles. The summed E-state index contributed by atoms with van der Waals surface area (Å²) < 4.78 is 11.5. The van der Waals surface area contributed by atoms with Crippen LogP contribution in [0.3, 0.4) is 0 Å². The van der Waals surface area contributed by atoms with Gasteiger partial charge in [0.25, 0.3) is 0 Å². The van der Waals surface area contributed by atoms with E-state index in [1.54, 1.807) is 0 Å². The Hall–Kier alpha value is -2.01. The summed E-state index contributed by atoms with van der Waals surface area (Å²) in [7, 11) is 0. The van der Waals surface area contributed by atoms with Gasteiger partial charge in [-0.2, -0.15) is 0 Å². The zero-order valence-electron chi connectivity index (χ0n) is 12.3. The van der Waals surface area contributed by atoms with Crippen molar-refractivity contribution in [3.05, 3.63) is 71.3 Å². The van der Waals surface area contributed by atoms with Crippen LogP contribution in [0.1, 0.15) is 27.8 Å². The van der Waals surface area contributed by atoms with Crippen LogP contribution in [0.25, 0.3) is 0 Å². The molecule has 2 N–H and O–H groups in total. The molecule has 0 aromatic heterocycles. The van der Waals surface area contributed by atoms with Crippen molar-refractivity contribution in [3.8, 4) is 0 Å². The Morgan fingerprint density at radius 2 is 1.77 bits per heavy atom. The monoisotopic (exact) mass is 297 g/mol. The van der Waals surface area contributed by atoms with Gasteiger partial charge in [0.15, 0.2) is 12.1 Å². The topological polar surface area (TPSA) is 61.5 Å². The number of hydrogen-bond acceptors (Lipinski definition) is 4. The van der Waals surface area contributed by atoms with Crippen molar-refractivity contribution in [2.45, 2.75) is 12.8 Å². The zero-order valence-corrected chi connectivity index (χ0v) is 12.3. The van der Waals surface area contributed by atoms with E-state index in [2.05, 4.69) is 0 Å². The average molecular weight is 297 g/mol. The van der Waals surface area contributed by atoms with E-state index in [9.17, 15) is 4.79 Å². The lowest BCUT2D eigenvalue weighted by Gasteiger charge is -2.29. The first-order valence-corrected chi connectivity index (χ1v) is 7.39. The number of nitrogens with two attached hydrogens (primary N) is 1. The van der Waals surface area contributed by atoms with E-state index >= 15 is 0 Å². The van der Waals surface area contributed by atoms with Crippen LogP contribution < -0.4 is 5.73 Å². The summed E-state index contributed by atoms with van der Waals surface area (Å²) in [4.78, 5) is 12.4. The highest BCUT2D eigenvalue weighted by atomic mass is 16.7. The SMILES string of the molecule is NCc1cccc(C2OCC(C(=O)c3ccccc3)CO2)c1. The second-order valence-electron chi connectivity index (χ2n) is 5.37. The van der Waals surface area contributed by atoms with Crippen molar-refractivity contribution < 1.29 is 14.3 Å².